The lowest BCUT2D eigenvalue weighted by molar-refractivity contribution is -0.137. The summed E-state index contributed by atoms with van der Waals surface area (Å²) in [5, 5.41) is 0.888. The molecular formula is C28H33Cl2F3N2O3. The molecule has 0 spiro atoms. The van der Waals surface area contributed by atoms with Crippen molar-refractivity contribution in [2.24, 2.45) is 5.92 Å². The third-order valence-electron chi connectivity index (χ3n) is 7.41. The Hall–Kier alpha value is -2.00. The van der Waals surface area contributed by atoms with E-state index in [1.165, 1.54) is 12.1 Å². The normalized spacial score (nSPS) is 21.5. The highest BCUT2D eigenvalue weighted by Crippen LogP contribution is 2.39. The monoisotopic (exact) mass is 572 g/mol. The number of morpholine rings is 1. The van der Waals surface area contributed by atoms with Crippen LogP contribution in [0.25, 0.3) is 0 Å². The lowest BCUT2D eigenvalue weighted by atomic mass is 9.85. The summed E-state index contributed by atoms with van der Waals surface area (Å²) in [4.78, 5) is 17.4. The first-order chi connectivity index (χ1) is 18.1. The number of nitrogens with zero attached hydrogens (tertiary/aromatic N) is 2. The zero-order valence-corrected chi connectivity index (χ0v) is 22.9. The molecule has 0 N–H and O–H groups in total. The number of amides is 1. The summed E-state index contributed by atoms with van der Waals surface area (Å²) in [6.07, 6.45) is -2.53. The molecule has 2 aliphatic heterocycles. The Balaban J connectivity index is 1.41. The second-order valence-corrected chi connectivity index (χ2v) is 10.8. The molecule has 38 heavy (non-hydrogen) atoms. The number of rotatable bonds is 9. The number of benzene rings is 2. The number of hydrogen-bond acceptors (Lipinski definition) is 4. The SMILES string of the molecule is C[C@@H](Oc1ccc(C(F)(F)F)cc1)[C@@H]1CN(C(=O)CCCCN2CCOCC2)CC1c1ccc(Cl)c(Cl)c1. The molecule has 2 saturated heterocycles. The summed E-state index contributed by atoms with van der Waals surface area (Å²) < 4.78 is 50.3. The van der Waals surface area contributed by atoms with Gasteiger partial charge in [0.15, 0.2) is 0 Å². The van der Waals surface area contributed by atoms with Gasteiger partial charge in [0.25, 0.3) is 0 Å². The number of likely N-dealkylation sites (tertiary alicyclic amines) is 1. The number of carbonyl (C=O) groups is 1. The highest BCUT2D eigenvalue weighted by molar-refractivity contribution is 6.42. The number of halogens is 5. The van der Waals surface area contributed by atoms with Gasteiger partial charge in [0, 0.05) is 44.4 Å². The molecule has 0 radical (unpaired) electrons. The van der Waals surface area contributed by atoms with Gasteiger partial charge in [-0.15, -0.1) is 0 Å². The van der Waals surface area contributed by atoms with E-state index in [2.05, 4.69) is 4.90 Å². The van der Waals surface area contributed by atoms with Crippen molar-refractivity contribution in [1.82, 2.24) is 9.80 Å². The van der Waals surface area contributed by atoms with Gasteiger partial charge in [-0.25, -0.2) is 0 Å². The summed E-state index contributed by atoms with van der Waals surface area (Å²) in [7, 11) is 0. The number of alkyl halides is 3. The zero-order chi connectivity index (χ0) is 27.3. The van der Waals surface area contributed by atoms with E-state index in [-0.39, 0.29) is 23.8 Å². The van der Waals surface area contributed by atoms with Crippen LogP contribution in [0.15, 0.2) is 42.5 Å². The Kier molecular flexibility index (Phi) is 9.84. The molecule has 2 aliphatic rings. The van der Waals surface area contributed by atoms with Crippen molar-refractivity contribution in [3.05, 3.63) is 63.6 Å². The molecule has 208 valence electrons. The van der Waals surface area contributed by atoms with Crippen molar-refractivity contribution >= 4 is 29.1 Å². The molecule has 2 aromatic carbocycles. The molecule has 1 unspecified atom stereocenters. The predicted molar refractivity (Wildman–Crippen MR) is 142 cm³/mol. The minimum atomic E-state index is -4.41. The van der Waals surface area contributed by atoms with E-state index in [0.29, 0.717) is 35.3 Å². The lowest BCUT2D eigenvalue weighted by Gasteiger charge is -2.26. The maximum absolute atomic E-state index is 13.2. The fourth-order valence-electron chi connectivity index (χ4n) is 5.22. The standard InChI is InChI=1S/C28H33Cl2F3N2O3/c1-19(38-22-8-6-21(7-9-22)28(31,32)33)23-17-35(18-24(23)20-5-10-25(29)26(30)16-20)27(36)4-2-3-11-34-12-14-37-15-13-34/h5-10,16,19,23-24H,2-4,11-15,17-18H2,1H3/t19-,23+,24?/m1/s1. The van der Waals surface area contributed by atoms with Gasteiger partial charge in [-0.2, -0.15) is 13.2 Å². The van der Waals surface area contributed by atoms with E-state index < -0.39 is 11.7 Å². The van der Waals surface area contributed by atoms with E-state index in [4.69, 9.17) is 32.7 Å². The summed E-state index contributed by atoms with van der Waals surface area (Å²) in [5.41, 5.74) is 0.229. The van der Waals surface area contributed by atoms with Crippen LogP contribution in [-0.4, -0.2) is 67.7 Å². The van der Waals surface area contributed by atoms with Gasteiger partial charge >= 0.3 is 6.18 Å². The molecule has 5 nitrogen and oxygen atoms in total. The van der Waals surface area contributed by atoms with Gasteiger partial charge < -0.3 is 14.4 Å². The van der Waals surface area contributed by atoms with Crippen LogP contribution >= 0.6 is 23.2 Å². The Morgan fingerprint density at radius 3 is 2.42 bits per heavy atom. The van der Waals surface area contributed by atoms with Crippen molar-refractivity contribution in [3.63, 3.8) is 0 Å². The first-order valence-electron chi connectivity index (χ1n) is 13.0. The second kappa shape index (κ2) is 12.9. The minimum absolute atomic E-state index is 0.0495. The summed E-state index contributed by atoms with van der Waals surface area (Å²) >= 11 is 12.4. The molecule has 0 aliphatic carbocycles. The fourth-order valence-corrected chi connectivity index (χ4v) is 5.53. The average molecular weight is 573 g/mol. The van der Waals surface area contributed by atoms with Gasteiger partial charge in [0.2, 0.25) is 5.91 Å². The Bertz CT molecular complexity index is 1080. The highest BCUT2D eigenvalue weighted by Gasteiger charge is 2.40. The van der Waals surface area contributed by atoms with Gasteiger partial charge in [-0.1, -0.05) is 29.3 Å². The van der Waals surface area contributed by atoms with Crippen molar-refractivity contribution in [2.45, 2.75) is 44.4 Å². The third-order valence-corrected chi connectivity index (χ3v) is 8.15. The number of ether oxygens (including phenoxy) is 2. The first kappa shape index (κ1) is 29.0. The number of hydrogen-bond donors (Lipinski definition) is 0. The van der Waals surface area contributed by atoms with E-state index in [1.54, 1.807) is 6.07 Å². The van der Waals surface area contributed by atoms with Crippen molar-refractivity contribution in [2.75, 3.05) is 45.9 Å². The van der Waals surface area contributed by atoms with Gasteiger partial charge in [0.05, 0.1) is 28.8 Å². The molecular weight excluding hydrogens is 540 g/mol. The van der Waals surface area contributed by atoms with E-state index in [1.807, 2.05) is 24.0 Å². The molecule has 0 aromatic heterocycles. The minimum Gasteiger partial charge on any atom is -0.490 e. The summed E-state index contributed by atoms with van der Waals surface area (Å²) in [6, 6.07) is 10.2. The predicted octanol–water partition coefficient (Wildman–Crippen LogP) is 6.52. The average Bonchev–Trinajstić information content (AvgIpc) is 3.34. The highest BCUT2D eigenvalue weighted by atomic mass is 35.5. The van der Waals surface area contributed by atoms with Crippen LogP contribution in [0.5, 0.6) is 5.75 Å². The topological polar surface area (TPSA) is 42.0 Å². The largest absolute Gasteiger partial charge is 0.490 e. The maximum atomic E-state index is 13.2. The number of carbonyl (C=O) groups excluding carboxylic acids is 1. The van der Waals surface area contributed by atoms with Crippen molar-refractivity contribution < 1.29 is 27.4 Å². The second-order valence-electron chi connectivity index (χ2n) is 10.00. The van der Waals surface area contributed by atoms with Crippen LogP contribution in [0.3, 0.4) is 0 Å². The Morgan fingerprint density at radius 1 is 1.05 bits per heavy atom. The van der Waals surface area contributed by atoms with Gasteiger partial charge in [-0.3, -0.25) is 9.69 Å². The van der Waals surface area contributed by atoms with Crippen LogP contribution in [0.2, 0.25) is 10.0 Å². The molecule has 3 atom stereocenters. The van der Waals surface area contributed by atoms with E-state index >= 15 is 0 Å². The lowest BCUT2D eigenvalue weighted by Crippen LogP contribution is -2.37. The molecule has 2 aromatic rings. The quantitative estimate of drug-likeness (QED) is 0.320. The molecule has 0 bridgehead atoms. The molecule has 10 heteroatoms. The smallest absolute Gasteiger partial charge is 0.416 e. The Labute approximate surface area is 231 Å². The van der Waals surface area contributed by atoms with Crippen molar-refractivity contribution in [1.29, 1.82) is 0 Å². The summed E-state index contributed by atoms with van der Waals surface area (Å²) in [6.45, 7) is 7.26. The van der Waals surface area contributed by atoms with Crippen LogP contribution in [0.1, 0.15) is 43.2 Å². The molecule has 4 rings (SSSR count). The summed E-state index contributed by atoms with van der Waals surface area (Å²) in [5.74, 6) is 0.325. The fraction of sp³-hybridized carbons (Fsp3) is 0.536. The van der Waals surface area contributed by atoms with Gasteiger partial charge in [0.1, 0.15) is 11.9 Å². The van der Waals surface area contributed by atoms with E-state index in [9.17, 15) is 18.0 Å². The van der Waals surface area contributed by atoms with Gasteiger partial charge in [-0.05, 0) is 68.3 Å². The van der Waals surface area contributed by atoms with Crippen LogP contribution in [0.4, 0.5) is 13.2 Å². The first-order valence-corrected chi connectivity index (χ1v) is 13.7. The van der Waals surface area contributed by atoms with Crippen LogP contribution < -0.4 is 4.74 Å². The van der Waals surface area contributed by atoms with Crippen LogP contribution in [0, 0.1) is 5.92 Å². The number of unbranched alkanes of at least 4 members (excludes halogenated alkanes) is 1. The molecule has 0 saturated carbocycles. The Morgan fingerprint density at radius 2 is 1.76 bits per heavy atom. The molecule has 2 heterocycles. The maximum Gasteiger partial charge on any atom is 0.416 e. The van der Waals surface area contributed by atoms with Crippen molar-refractivity contribution in [3.8, 4) is 5.75 Å². The molecule has 2 fully saturated rings. The molecule has 1 amide bonds. The third kappa shape index (κ3) is 7.56. The zero-order valence-electron chi connectivity index (χ0n) is 21.4. The van der Waals surface area contributed by atoms with E-state index in [0.717, 1.165) is 63.4 Å². The van der Waals surface area contributed by atoms with Crippen LogP contribution in [-0.2, 0) is 15.7 Å².